The number of hydrogen-bond donors (Lipinski definition) is 2. The summed E-state index contributed by atoms with van der Waals surface area (Å²) in [6.07, 6.45) is 43.0. The van der Waals surface area contributed by atoms with Gasteiger partial charge in [0.05, 0.1) is 0 Å². The van der Waals surface area contributed by atoms with Gasteiger partial charge in [0.1, 0.15) is 19.8 Å². The Morgan fingerprint density at radius 3 is 1.20 bits per heavy atom. The normalized spacial score (nSPS) is 15.1. The van der Waals surface area contributed by atoms with E-state index in [0.717, 1.165) is 43.6 Å². The van der Waals surface area contributed by atoms with Crippen molar-refractivity contribution < 1.29 is 38.7 Å². The Kier molecular flexibility index (Phi) is 39.1. The average molecular weight is 1050 g/mol. The third-order valence-corrected chi connectivity index (χ3v) is 15.1. The molecule has 1 aliphatic rings. The minimum Gasteiger partial charge on any atom is -0.483 e. The van der Waals surface area contributed by atoms with Gasteiger partial charge in [0.2, 0.25) is 5.76 Å². The summed E-state index contributed by atoms with van der Waals surface area (Å²) in [4.78, 5) is 31.6. The standard InChI is InChI=1S/C65H110N2O8/c1-4-7-10-13-16-19-22-25-28-39-49-66(50-40-29-26-23-20-17-14-11-8-5-2)53-43-54-67(51-41-30-27-24-21-18-15-12-9-6-3)52-42-33-38-48-61(69)72-57-60(68)65(71)63(74-56-59-46-36-32-37-47-59)62(64(70)75-65)73-55-58-44-34-31-35-45-58/h31-32,34-37,44-47,60,68,71H,4-30,33,38-43,48-57H2,1-3H3/t60-,65+/m0/s1. The minimum atomic E-state index is -2.60. The van der Waals surface area contributed by atoms with E-state index in [2.05, 4.69) is 30.6 Å². The molecule has 0 fully saturated rings. The van der Waals surface area contributed by atoms with Crippen LogP contribution >= 0.6 is 0 Å². The first-order valence-electron chi connectivity index (χ1n) is 31.1. The summed E-state index contributed by atoms with van der Waals surface area (Å²) in [6, 6.07) is 18.5. The van der Waals surface area contributed by atoms with Gasteiger partial charge in [-0.1, -0.05) is 261 Å². The van der Waals surface area contributed by atoms with Crippen LogP contribution < -0.4 is 0 Å². The fourth-order valence-electron chi connectivity index (χ4n) is 10.3. The number of nitrogens with zero attached hydrogens (tertiary/aromatic N) is 2. The number of carbonyl (C=O) groups excluding carboxylic acids is 2. The molecule has 0 aliphatic carbocycles. The first-order valence-corrected chi connectivity index (χ1v) is 31.1. The summed E-state index contributed by atoms with van der Waals surface area (Å²) in [5.41, 5.74) is 1.56. The molecule has 2 aromatic carbocycles. The van der Waals surface area contributed by atoms with E-state index in [1.165, 1.54) is 219 Å². The maximum atomic E-state index is 13.1. The molecule has 10 heteroatoms. The number of aliphatic hydroxyl groups is 2. The molecule has 0 amide bonds. The highest BCUT2D eigenvalue weighted by molar-refractivity contribution is 5.90. The molecule has 0 radical (unpaired) electrons. The van der Waals surface area contributed by atoms with Crippen molar-refractivity contribution in [1.82, 2.24) is 9.80 Å². The summed E-state index contributed by atoms with van der Waals surface area (Å²) in [7, 11) is 0. The van der Waals surface area contributed by atoms with Crippen LogP contribution in [0.5, 0.6) is 0 Å². The molecule has 1 aliphatic heterocycles. The second-order valence-corrected chi connectivity index (χ2v) is 21.9. The van der Waals surface area contributed by atoms with Crippen LogP contribution in [0.3, 0.4) is 0 Å². The zero-order valence-corrected chi connectivity index (χ0v) is 48.2. The van der Waals surface area contributed by atoms with Crippen molar-refractivity contribution in [2.24, 2.45) is 0 Å². The third kappa shape index (κ3) is 31.5. The molecular formula is C65H110N2O8. The third-order valence-electron chi connectivity index (χ3n) is 15.1. The second-order valence-electron chi connectivity index (χ2n) is 21.9. The fourth-order valence-corrected chi connectivity index (χ4v) is 10.3. The maximum Gasteiger partial charge on any atom is 0.380 e. The summed E-state index contributed by atoms with van der Waals surface area (Å²) >= 11 is 0. The Morgan fingerprint density at radius 1 is 0.480 bits per heavy atom. The average Bonchev–Trinajstić information content (AvgIpc) is 3.68. The maximum absolute atomic E-state index is 13.1. The topological polar surface area (TPSA) is 118 Å². The van der Waals surface area contributed by atoms with E-state index < -0.39 is 30.4 Å². The molecule has 0 saturated heterocycles. The van der Waals surface area contributed by atoms with Crippen LogP contribution in [-0.2, 0) is 41.8 Å². The van der Waals surface area contributed by atoms with Gasteiger partial charge in [-0.2, -0.15) is 0 Å². The highest BCUT2D eigenvalue weighted by Gasteiger charge is 2.55. The lowest BCUT2D eigenvalue weighted by Gasteiger charge is -2.28. The number of hydrogen-bond acceptors (Lipinski definition) is 10. The van der Waals surface area contributed by atoms with Crippen molar-refractivity contribution in [1.29, 1.82) is 0 Å². The van der Waals surface area contributed by atoms with Crippen LogP contribution in [0.15, 0.2) is 72.2 Å². The molecule has 2 N–H and O–H groups in total. The Bertz CT molecular complexity index is 1670. The van der Waals surface area contributed by atoms with Gasteiger partial charge in [0.15, 0.2) is 6.10 Å². The van der Waals surface area contributed by atoms with Crippen molar-refractivity contribution in [2.75, 3.05) is 45.9 Å². The summed E-state index contributed by atoms with van der Waals surface area (Å²) in [6.45, 7) is 13.2. The lowest BCUT2D eigenvalue weighted by Crippen LogP contribution is -2.48. The molecule has 0 bridgehead atoms. The molecule has 0 unspecified atom stereocenters. The second kappa shape index (κ2) is 44.5. The molecular weight excluding hydrogens is 937 g/mol. The van der Waals surface area contributed by atoms with Gasteiger partial charge in [-0.05, 0) is 88.9 Å². The summed E-state index contributed by atoms with van der Waals surface area (Å²) in [5.74, 6) is -4.75. The van der Waals surface area contributed by atoms with Crippen LogP contribution in [0.2, 0.25) is 0 Å². The van der Waals surface area contributed by atoms with E-state index in [9.17, 15) is 19.8 Å². The number of rotatable bonds is 52. The van der Waals surface area contributed by atoms with E-state index in [1.807, 2.05) is 60.7 Å². The first-order chi connectivity index (χ1) is 36.8. The van der Waals surface area contributed by atoms with Crippen molar-refractivity contribution in [3.63, 3.8) is 0 Å². The molecule has 2 aromatic rings. The molecule has 1 heterocycles. The molecule has 0 aromatic heterocycles. The number of esters is 2. The van der Waals surface area contributed by atoms with Crippen molar-refractivity contribution >= 4 is 11.9 Å². The monoisotopic (exact) mass is 1050 g/mol. The number of carbonyl (C=O) groups is 2. The van der Waals surface area contributed by atoms with Crippen molar-refractivity contribution in [3.8, 4) is 0 Å². The molecule has 428 valence electrons. The van der Waals surface area contributed by atoms with Crippen molar-refractivity contribution in [3.05, 3.63) is 83.3 Å². The summed E-state index contributed by atoms with van der Waals surface area (Å²) < 4.78 is 22.6. The lowest BCUT2D eigenvalue weighted by molar-refractivity contribution is -0.238. The van der Waals surface area contributed by atoms with Gasteiger partial charge >= 0.3 is 17.7 Å². The van der Waals surface area contributed by atoms with E-state index >= 15 is 0 Å². The predicted molar refractivity (Wildman–Crippen MR) is 309 cm³/mol. The molecule has 3 rings (SSSR count). The highest BCUT2D eigenvalue weighted by Crippen LogP contribution is 2.36. The number of unbranched alkanes of at least 4 members (excludes halogenated alkanes) is 29. The van der Waals surface area contributed by atoms with Crippen LogP contribution in [0.25, 0.3) is 0 Å². The Morgan fingerprint density at radius 2 is 0.813 bits per heavy atom. The molecule has 0 saturated carbocycles. The molecule has 2 atom stereocenters. The van der Waals surface area contributed by atoms with Crippen LogP contribution in [-0.4, -0.2) is 89.7 Å². The Hall–Kier alpha value is -3.44. The predicted octanol–water partition coefficient (Wildman–Crippen LogP) is 16.1. The highest BCUT2D eigenvalue weighted by atomic mass is 16.7. The van der Waals surface area contributed by atoms with Gasteiger partial charge in [-0.15, -0.1) is 0 Å². The Labute approximate surface area is 458 Å². The van der Waals surface area contributed by atoms with Gasteiger partial charge in [-0.25, -0.2) is 4.79 Å². The zero-order chi connectivity index (χ0) is 53.7. The zero-order valence-electron chi connectivity index (χ0n) is 48.2. The number of benzene rings is 2. The lowest BCUT2D eigenvalue weighted by atomic mass is 10.1. The van der Waals surface area contributed by atoms with Crippen LogP contribution in [0.1, 0.15) is 257 Å². The molecule has 0 spiro atoms. The minimum absolute atomic E-state index is 0.0131. The van der Waals surface area contributed by atoms with E-state index in [1.54, 1.807) is 0 Å². The number of ether oxygens (including phenoxy) is 4. The quantitative estimate of drug-likeness (QED) is 0.0490. The fraction of sp³-hybridized carbons (Fsp3) is 0.754. The van der Waals surface area contributed by atoms with E-state index in [-0.39, 0.29) is 31.2 Å². The van der Waals surface area contributed by atoms with Crippen LogP contribution in [0, 0.1) is 0 Å². The van der Waals surface area contributed by atoms with Crippen LogP contribution in [0.4, 0.5) is 0 Å². The molecule has 10 nitrogen and oxygen atoms in total. The first kappa shape index (κ1) is 65.8. The largest absolute Gasteiger partial charge is 0.483 e. The smallest absolute Gasteiger partial charge is 0.380 e. The van der Waals surface area contributed by atoms with Gasteiger partial charge < -0.3 is 39.0 Å². The van der Waals surface area contributed by atoms with Gasteiger partial charge in [0, 0.05) is 6.42 Å². The van der Waals surface area contributed by atoms with Crippen molar-refractivity contribution in [2.45, 2.75) is 271 Å². The SMILES string of the molecule is CCCCCCCCCCCCN(CCCCCCCCCCCC)CCCN(CCCCCCCCCCCC)CCCCCC(=O)OC[C@H](O)[C@@]1(O)OC(=O)C(OCc2ccccc2)=C1OCc1ccccc1. The number of aliphatic hydroxyl groups excluding tert-OH is 1. The van der Waals surface area contributed by atoms with Gasteiger partial charge in [0.25, 0.3) is 5.76 Å². The Balaban J connectivity index is 1.49. The molecule has 75 heavy (non-hydrogen) atoms. The van der Waals surface area contributed by atoms with Gasteiger partial charge in [-0.3, -0.25) is 4.79 Å². The summed E-state index contributed by atoms with van der Waals surface area (Å²) in [5, 5.41) is 22.9. The number of cyclic esters (lactones) is 1. The van der Waals surface area contributed by atoms with E-state index in [0.29, 0.717) is 6.42 Å². The van der Waals surface area contributed by atoms with E-state index in [4.69, 9.17) is 18.9 Å².